The third-order valence-electron chi connectivity index (χ3n) is 6.34. The van der Waals surface area contributed by atoms with Crippen LogP contribution >= 0.6 is 0 Å². The quantitative estimate of drug-likeness (QED) is 0.448. The number of nitriles is 1. The number of anilines is 1. The van der Waals surface area contributed by atoms with Gasteiger partial charge in [-0.15, -0.1) is 0 Å². The zero-order valence-corrected chi connectivity index (χ0v) is 19.3. The highest BCUT2D eigenvalue weighted by atomic mass is 16.5. The summed E-state index contributed by atoms with van der Waals surface area (Å²) in [7, 11) is 0. The summed E-state index contributed by atoms with van der Waals surface area (Å²) in [4.78, 5) is 22.6. The molecule has 0 aliphatic carbocycles. The van der Waals surface area contributed by atoms with E-state index in [4.69, 9.17) is 9.78 Å². The zero-order chi connectivity index (χ0) is 23.7. The van der Waals surface area contributed by atoms with Crippen molar-refractivity contribution in [1.29, 1.82) is 5.26 Å². The van der Waals surface area contributed by atoms with E-state index in [0.29, 0.717) is 46.7 Å². The first-order valence-corrected chi connectivity index (χ1v) is 11.4. The van der Waals surface area contributed by atoms with Gasteiger partial charge in [0.05, 0.1) is 34.0 Å². The molecule has 1 fully saturated rings. The van der Waals surface area contributed by atoms with Gasteiger partial charge in [-0.25, -0.2) is 4.98 Å². The molecule has 0 spiro atoms. The number of hydrogen-bond acceptors (Lipinski definition) is 6. The number of carbonyl (C=O) groups excluding carboxylic acids is 1. The first kappa shape index (κ1) is 21.7. The van der Waals surface area contributed by atoms with Crippen LogP contribution in [-0.2, 0) is 0 Å². The lowest BCUT2D eigenvalue weighted by molar-refractivity contribution is 0.0769. The van der Waals surface area contributed by atoms with Crippen molar-refractivity contribution in [3.8, 4) is 17.3 Å². The van der Waals surface area contributed by atoms with Gasteiger partial charge in [0, 0.05) is 37.4 Å². The lowest BCUT2D eigenvalue weighted by atomic mass is 10.0. The summed E-state index contributed by atoms with van der Waals surface area (Å²) in [5.41, 5.74) is 6.11. The van der Waals surface area contributed by atoms with Crippen molar-refractivity contribution in [3.05, 3.63) is 77.0 Å². The van der Waals surface area contributed by atoms with Crippen LogP contribution in [0.25, 0.3) is 22.4 Å². The van der Waals surface area contributed by atoms with Crippen molar-refractivity contribution < 1.29 is 9.32 Å². The maximum Gasteiger partial charge on any atom is 0.259 e. The van der Waals surface area contributed by atoms with Crippen LogP contribution in [0.5, 0.6) is 0 Å². The fourth-order valence-electron chi connectivity index (χ4n) is 4.43. The first-order chi connectivity index (χ1) is 16.5. The van der Waals surface area contributed by atoms with E-state index in [-0.39, 0.29) is 5.91 Å². The summed E-state index contributed by atoms with van der Waals surface area (Å²) < 4.78 is 5.47. The zero-order valence-electron chi connectivity index (χ0n) is 19.3. The Labute approximate surface area is 198 Å². The molecule has 1 aliphatic rings. The van der Waals surface area contributed by atoms with Gasteiger partial charge >= 0.3 is 0 Å². The van der Waals surface area contributed by atoms with Crippen molar-refractivity contribution in [2.45, 2.75) is 20.3 Å². The summed E-state index contributed by atoms with van der Waals surface area (Å²) in [6.45, 7) is 6.72. The Morgan fingerprint density at radius 2 is 1.76 bits per heavy atom. The largest absolute Gasteiger partial charge is 0.370 e. The maximum absolute atomic E-state index is 13.8. The Kier molecular flexibility index (Phi) is 5.72. The van der Waals surface area contributed by atoms with E-state index >= 15 is 0 Å². The number of pyridine rings is 1. The molecule has 0 bridgehead atoms. The fourth-order valence-corrected chi connectivity index (χ4v) is 4.43. The molecule has 4 aromatic rings. The van der Waals surface area contributed by atoms with E-state index < -0.39 is 0 Å². The number of hydrogen-bond donors (Lipinski definition) is 0. The van der Waals surface area contributed by atoms with E-state index in [1.807, 2.05) is 73.3 Å². The molecule has 1 aliphatic heterocycles. The van der Waals surface area contributed by atoms with Crippen molar-refractivity contribution in [2.24, 2.45) is 0 Å². The molecule has 1 amide bonds. The first-order valence-electron chi connectivity index (χ1n) is 11.4. The summed E-state index contributed by atoms with van der Waals surface area (Å²) in [6, 6.07) is 19.7. The predicted octanol–water partition coefficient (Wildman–Crippen LogP) is 4.73. The number of aryl methyl sites for hydroxylation is 2. The van der Waals surface area contributed by atoms with Gasteiger partial charge in [-0.05, 0) is 50.6 Å². The minimum absolute atomic E-state index is 0.0336. The Morgan fingerprint density at radius 1 is 1.00 bits per heavy atom. The number of carbonyl (C=O) groups is 1. The van der Waals surface area contributed by atoms with Crippen LogP contribution in [0.1, 0.15) is 33.6 Å². The molecule has 0 saturated carbocycles. The van der Waals surface area contributed by atoms with Crippen molar-refractivity contribution in [1.82, 2.24) is 15.0 Å². The van der Waals surface area contributed by atoms with Gasteiger partial charge in [-0.1, -0.05) is 35.0 Å². The number of fused-ring (bicyclic) bond motifs is 1. The number of amides is 1. The van der Waals surface area contributed by atoms with Crippen molar-refractivity contribution >= 4 is 22.7 Å². The molecule has 7 nitrogen and oxygen atoms in total. The van der Waals surface area contributed by atoms with E-state index in [1.54, 1.807) is 0 Å². The van der Waals surface area contributed by atoms with Gasteiger partial charge in [0.25, 0.3) is 11.6 Å². The molecule has 34 heavy (non-hydrogen) atoms. The van der Waals surface area contributed by atoms with Crippen LogP contribution in [0.2, 0.25) is 0 Å². The second-order valence-corrected chi connectivity index (χ2v) is 8.66. The van der Waals surface area contributed by atoms with Crippen LogP contribution in [0.4, 0.5) is 5.69 Å². The molecular formula is C27H25N5O2. The van der Waals surface area contributed by atoms with E-state index in [2.05, 4.69) is 21.1 Å². The minimum Gasteiger partial charge on any atom is -0.370 e. The van der Waals surface area contributed by atoms with Crippen molar-refractivity contribution in [3.63, 3.8) is 0 Å². The summed E-state index contributed by atoms with van der Waals surface area (Å²) >= 11 is 0. The number of benzene rings is 2. The standard InChI is InChI=1S/C27H25N5O2/c1-18-4-8-21(9-5-18)24-16-23(25-19(2)30-34-26(25)29-24)27(33)32-13-3-12-31(14-15-32)22-10-6-20(17-28)7-11-22/h4-11,16H,3,12-15H2,1-2H3. The smallest absolute Gasteiger partial charge is 0.259 e. The lowest BCUT2D eigenvalue weighted by Crippen LogP contribution is -2.35. The molecule has 2 aromatic carbocycles. The van der Waals surface area contributed by atoms with Crippen LogP contribution in [0.3, 0.4) is 0 Å². The fraction of sp³-hybridized carbons (Fsp3) is 0.259. The van der Waals surface area contributed by atoms with Gasteiger partial charge in [-0.2, -0.15) is 5.26 Å². The molecule has 5 rings (SSSR count). The van der Waals surface area contributed by atoms with Crippen LogP contribution in [0, 0.1) is 25.2 Å². The maximum atomic E-state index is 13.8. The molecule has 7 heteroatoms. The third-order valence-corrected chi connectivity index (χ3v) is 6.34. The van der Waals surface area contributed by atoms with E-state index in [0.717, 1.165) is 36.3 Å². The van der Waals surface area contributed by atoms with E-state index in [9.17, 15) is 4.79 Å². The Morgan fingerprint density at radius 3 is 2.50 bits per heavy atom. The normalized spacial score (nSPS) is 14.1. The summed E-state index contributed by atoms with van der Waals surface area (Å²) in [6.07, 6.45) is 0.855. The topological polar surface area (TPSA) is 86.3 Å². The Bertz CT molecular complexity index is 1380. The predicted molar refractivity (Wildman–Crippen MR) is 131 cm³/mol. The second-order valence-electron chi connectivity index (χ2n) is 8.66. The highest BCUT2D eigenvalue weighted by Gasteiger charge is 2.25. The minimum atomic E-state index is -0.0336. The van der Waals surface area contributed by atoms with Gasteiger partial charge in [0.15, 0.2) is 0 Å². The molecular weight excluding hydrogens is 426 g/mol. The monoisotopic (exact) mass is 451 g/mol. The molecule has 0 radical (unpaired) electrons. The SMILES string of the molecule is Cc1ccc(-c2cc(C(=O)N3CCCN(c4ccc(C#N)cc4)CC3)c3c(C)noc3n2)cc1. The van der Waals surface area contributed by atoms with Gasteiger partial charge < -0.3 is 14.3 Å². The van der Waals surface area contributed by atoms with E-state index in [1.165, 1.54) is 0 Å². The van der Waals surface area contributed by atoms with Crippen molar-refractivity contribution in [2.75, 3.05) is 31.1 Å². The van der Waals surface area contributed by atoms with Crippen LogP contribution in [-0.4, -0.2) is 47.1 Å². The highest BCUT2D eigenvalue weighted by molar-refractivity contribution is 6.07. The number of aromatic nitrogens is 2. The number of nitrogens with zero attached hydrogens (tertiary/aromatic N) is 5. The number of rotatable bonds is 3. The molecule has 2 aromatic heterocycles. The molecule has 0 unspecified atom stereocenters. The average Bonchev–Trinajstić information content (AvgIpc) is 3.08. The molecule has 0 atom stereocenters. The molecule has 170 valence electrons. The van der Waals surface area contributed by atoms with Gasteiger partial charge in [-0.3, -0.25) is 4.79 Å². The lowest BCUT2D eigenvalue weighted by Gasteiger charge is -2.24. The van der Waals surface area contributed by atoms with Gasteiger partial charge in [0.2, 0.25) is 0 Å². The van der Waals surface area contributed by atoms with Gasteiger partial charge in [0.1, 0.15) is 0 Å². The summed E-state index contributed by atoms with van der Waals surface area (Å²) in [5, 5.41) is 13.8. The molecule has 0 N–H and O–H groups in total. The van der Waals surface area contributed by atoms with Crippen LogP contribution < -0.4 is 4.90 Å². The Hall–Kier alpha value is -4.18. The van der Waals surface area contributed by atoms with Crippen LogP contribution in [0.15, 0.2) is 59.1 Å². The third kappa shape index (κ3) is 4.11. The molecule has 1 saturated heterocycles. The second kappa shape index (κ2) is 8.99. The molecule has 3 heterocycles. The highest BCUT2D eigenvalue weighted by Crippen LogP contribution is 2.29. The summed E-state index contributed by atoms with van der Waals surface area (Å²) in [5.74, 6) is -0.0336. The Balaban J connectivity index is 1.44. The average molecular weight is 452 g/mol.